The second-order valence-corrected chi connectivity index (χ2v) is 6.10. The third-order valence-electron chi connectivity index (χ3n) is 4.48. The van der Waals surface area contributed by atoms with Crippen LogP contribution in [0.3, 0.4) is 0 Å². The Kier molecular flexibility index (Phi) is 4.22. The monoisotopic (exact) mass is 274 g/mol. The number of aromatic nitrogens is 1. The van der Waals surface area contributed by atoms with Crippen LogP contribution in [0.25, 0.3) is 0 Å². The fourth-order valence-corrected chi connectivity index (χ4v) is 2.97. The summed E-state index contributed by atoms with van der Waals surface area (Å²) in [4.78, 5) is 9.54. The molecule has 1 aromatic heterocycles. The third-order valence-corrected chi connectivity index (χ3v) is 4.48. The molecule has 3 rings (SSSR count). The van der Waals surface area contributed by atoms with Gasteiger partial charge in [0.2, 0.25) is 0 Å². The Morgan fingerprint density at radius 1 is 1.35 bits per heavy atom. The molecule has 2 heterocycles. The van der Waals surface area contributed by atoms with Gasteiger partial charge in [0.25, 0.3) is 0 Å². The lowest BCUT2D eigenvalue weighted by Gasteiger charge is -2.40. The molecule has 1 saturated heterocycles. The highest BCUT2D eigenvalue weighted by atomic mass is 15.3. The van der Waals surface area contributed by atoms with Crippen LogP contribution in [0.4, 0.5) is 5.82 Å². The maximum Gasteiger partial charge on any atom is 0.128 e. The van der Waals surface area contributed by atoms with E-state index in [-0.39, 0.29) is 0 Å². The van der Waals surface area contributed by atoms with Gasteiger partial charge in [0.05, 0.1) is 0 Å². The van der Waals surface area contributed by atoms with Crippen molar-refractivity contribution in [1.29, 1.82) is 0 Å². The number of pyridine rings is 1. The summed E-state index contributed by atoms with van der Waals surface area (Å²) in [6.45, 7) is 10.00. The van der Waals surface area contributed by atoms with E-state index in [1.165, 1.54) is 18.4 Å². The second kappa shape index (κ2) is 6.10. The molecule has 0 bridgehead atoms. The zero-order valence-electron chi connectivity index (χ0n) is 12.7. The molecule has 0 spiro atoms. The van der Waals surface area contributed by atoms with Gasteiger partial charge in [0.15, 0.2) is 0 Å². The van der Waals surface area contributed by atoms with Crippen molar-refractivity contribution in [1.82, 2.24) is 15.2 Å². The van der Waals surface area contributed by atoms with E-state index in [0.29, 0.717) is 6.04 Å². The Balaban J connectivity index is 1.62. The fraction of sp³-hybridized carbons (Fsp3) is 0.688. The molecule has 1 saturated carbocycles. The molecule has 1 aliphatic carbocycles. The van der Waals surface area contributed by atoms with Crippen LogP contribution >= 0.6 is 0 Å². The number of hydrogen-bond donors (Lipinski definition) is 1. The molecular formula is C16H26N4. The van der Waals surface area contributed by atoms with Crippen LogP contribution in [-0.4, -0.2) is 48.1 Å². The highest BCUT2D eigenvalue weighted by Gasteiger charge is 2.23. The van der Waals surface area contributed by atoms with Crippen molar-refractivity contribution >= 4 is 5.82 Å². The minimum Gasteiger partial charge on any atom is -0.354 e. The number of hydrogen-bond acceptors (Lipinski definition) is 4. The predicted octanol–water partition coefficient (Wildman–Crippen LogP) is 1.86. The average molecular weight is 274 g/mol. The van der Waals surface area contributed by atoms with E-state index in [2.05, 4.69) is 46.1 Å². The van der Waals surface area contributed by atoms with Gasteiger partial charge in [-0.25, -0.2) is 4.98 Å². The molecule has 0 amide bonds. The molecule has 4 heteroatoms. The van der Waals surface area contributed by atoms with Gasteiger partial charge in [0, 0.05) is 44.5 Å². The summed E-state index contributed by atoms with van der Waals surface area (Å²) in [5, 5.41) is 3.57. The largest absolute Gasteiger partial charge is 0.354 e. The molecule has 1 aliphatic heterocycles. The SMILES string of the molecule is CCN1CCN(c2cc(CNC3CC3)ccn2)CC1C. The van der Waals surface area contributed by atoms with E-state index in [9.17, 15) is 0 Å². The van der Waals surface area contributed by atoms with Gasteiger partial charge in [-0.2, -0.15) is 0 Å². The molecule has 0 radical (unpaired) electrons. The Morgan fingerprint density at radius 2 is 2.20 bits per heavy atom. The standard InChI is InChI=1S/C16H26N4/c1-3-19-8-9-20(12-13(19)2)16-10-14(6-7-17-16)11-18-15-4-5-15/h6-7,10,13,15,18H,3-5,8-9,11-12H2,1-2H3. The lowest BCUT2D eigenvalue weighted by molar-refractivity contribution is 0.199. The van der Waals surface area contributed by atoms with E-state index in [1.807, 2.05) is 6.20 Å². The molecule has 2 aliphatic rings. The van der Waals surface area contributed by atoms with Gasteiger partial charge in [0.1, 0.15) is 5.82 Å². The zero-order chi connectivity index (χ0) is 13.9. The van der Waals surface area contributed by atoms with Crippen molar-refractivity contribution in [2.45, 2.75) is 45.3 Å². The maximum absolute atomic E-state index is 4.57. The van der Waals surface area contributed by atoms with Crippen LogP contribution in [-0.2, 0) is 6.54 Å². The zero-order valence-corrected chi connectivity index (χ0v) is 12.7. The fourth-order valence-electron chi connectivity index (χ4n) is 2.97. The van der Waals surface area contributed by atoms with Crippen LogP contribution in [0.5, 0.6) is 0 Å². The van der Waals surface area contributed by atoms with Gasteiger partial charge in [-0.1, -0.05) is 6.92 Å². The molecule has 1 aromatic rings. The highest BCUT2D eigenvalue weighted by Crippen LogP contribution is 2.21. The Bertz CT molecular complexity index is 444. The summed E-state index contributed by atoms with van der Waals surface area (Å²) in [6, 6.07) is 5.76. The number of anilines is 1. The van der Waals surface area contributed by atoms with Gasteiger partial charge in [-0.3, -0.25) is 4.90 Å². The molecule has 20 heavy (non-hydrogen) atoms. The molecule has 4 nitrogen and oxygen atoms in total. The number of piperazine rings is 1. The van der Waals surface area contributed by atoms with Gasteiger partial charge in [-0.15, -0.1) is 0 Å². The smallest absolute Gasteiger partial charge is 0.128 e. The van der Waals surface area contributed by atoms with E-state index < -0.39 is 0 Å². The number of rotatable bonds is 5. The summed E-state index contributed by atoms with van der Waals surface area (Å²) < 4.78 is 0. The van der Waals surface area contributed by atoms with E-state index in [1.54, 1.807) is 0 Å². The Hall–Kier alpha value is -1.13. The molecule has 0 aromatic carbocycles. The third kappa shape index (κ3) is 3.30. The van der Waals surface area contributed by atoms with Gasteiger partial charge in [-0.05, 0) is 44.0 Å². The van der Waals surface area contributed by atoms with Crippen molar-refractivity contribution < 1.29 is 0 Å². The molecule has 1 unspecified atom stereocenters. The topological polar surface area (TPSA) is 31.4 Å². The van der Waals surface area contributed by atoms with E-state index >= 15 is 0 Å². The Labute approximate surface area is 122 Å². The van der Waals surface area contributed by atoms with Gasteiger partial charge < -0.3 is 10.2 Å². The molecule has 110 valence electrons. The lowest BCUT2D eigenvalue weighted by atomic mass is 10.1. The minimum absolute atomic E-state index is 0.615. The molecule has 1 N–H and O–H groups in total. The minimum atomic E-state index is 0.615. The maximum atomic E-state index is 4.57. The van der Waals surface area contributed by atoms with Crippen molar-refractivity contribution in [3.63, 3.8) is 0 Å². The first-order chi connectivity index (χ1) is 9.76. The second-order valence-electron chi connectivity index (χ2n) is 6.10. The van der Waals surface area contributed by atoms with Crippen molar-refractivity contribution in [3.8, 4) is 0 Å². The van der Waals surface area contributed by atoms with Crippen LogP contribution < -0.4 is 10.2 Å². The molecule has 2 fully saturated rings. The summed E-state index contributed by atoms with van der Waals surface area (Å²) in [6.07, 6.45) is 4.64. The van der Waals surface area contributed by atoms with Crippen molar-refractivity contribution in [2.75, 3.05) is 31.1 Å². The average Bonchev–Trinajstić information content (AvgIpc) is 3.29. The predicted molar refractivity (Wildman–Crippen MR) is 83.0 cm³/mol. The van der Waals surface area contributed by atoms with Crippen LogP contribution in [0, 0.1) is 0 Å². The van der Waals surface area contributed by atoms with Crippen molar-refractivity contribution in [3.05, 3.63) is 23.9 Å². The normalized spacial score (nSPS) is 24.1. The number of likely N-dealkylation sites (N-methyl/N-ethyl adjacent to an activating group) is 1. The first kappa shape index (κ1) is 13.8. The number of nitrogens with one attached hydrogen (secondary N) is 1. The van der Waals surface area contributed by atoms with Crippen LogP contribution in [0.2, 0.25) is 0 Å². The Morgan fingerprint density at radius 3 is 2.90 bits per heavy atom. The summed E-state index contributed by atoms with van der Waals surface area (Å²) >= 11 is 0. The highest BCUT2D eigenvalue weighted by molar-refractivity contribution is 5.41. The first-order valence-electron chi connectivity index (χ1n) is 7.93. The number of nitrogens with zero attached hydrogens (tertiary/aromatic N) is 3. The van der Waals surface area contributed by atoms with Gasteiger partial charge >= 0.3 is 0 Å². The summed E-state index contributed by atoms with van der Waals surface area (Å²) in [5.74, 6) is 1.14. The van der Waals surface area contributed by atoms with Crippen LogP contribution in [0.15, 0.2) is 18.3 Å². The van der Waals surface area contributed by atoms with Crippen molar-refractivity contribution in [2.24, 2.45) is 0 Å². The molecule has 1 atom stereocenters. The first-order valence-corrected chi connectivity index (χ1v) is 7.93. The van der Waals surface area contributed by atoms with E-state index in [0.717, 1.165) is 44.6 Å². The lowest BCUT2D eigenvalue weighted by Crippen LogP contribution is -2.52. The summed E-state index contributed by atoms with van der Waals surface area (Å²) in [5.41, 5.74) is 1.35. The summed E-state index contributed by atoms with van der Waals surface area (Å²) in [7, 11) is 0. The van der Waals surface area contributed by atoms with E-state index in [4.69, 9.17) is 0 Å². The quantitative estimate of drug-likeness (QED) is 0.888. The van der Waals surface area contributed by atoms with Crippen LogP contribution in [0.1, 0.15) is 32.3 Å². The molecular weight excluding hydrogens is 248 g/mol.